The largest absolute Gasteiger partial charge is 0.493 e. The summed E-state index contributed by atoms with van der Waals surface area (Å²) in [6.45, 7) is 3.59. The molecule has 0 radical (unpaired) electrons. The van der Waals surface area contributed by atoms with E-state index in [1.54, 1.807) is 44.3 Å². The minimum atomic E-state index is -3.80. The summed E-state index contributed by atoms with van der Waals surface area (Å²) in [6, 6.07) is 14.6. The number of hydrogen-bond donors (Lipinski definition) is 2. The van der Waals surface area contributed by atoms with Crippen molar-refractivity contribution in [3.05, 3.63) is 71.1 Å². The fraction of sp³-hybridized carbons (Fsp3) is 0.200. The van der Waals surface area contributed by atoms with Crippen molar-refractivity contribution in [1.82, 2.24) is 5.16 Å². The predicted octanol–water partition coefficient (Wildman–Crippen LogP) is 3.43. The molecule has 2 aromatic carbocycles. The number of halogens is 1. The molecule has 0 unspecified atom stereocenters. The van der Waals surface area contributed by atoms with E-state index in [1.807, 2.05) is 24.3 Å². The fourth-order valence-corrected chi connectivity index (χ4v) is 4.24. The number of nitrogens with two attached hydrogens (primary N) is 1. The van der Waals surface area contributed by atoms with Gasteiger partial charge >= 0.3 is 0 Å². The van der Waals surface area contributed by atoms with Gasteiger partial charge in [-0.1, -0.05) is 35.5 Å². The molecule has 0 aliphatic heterocycles. The first-order valence-corrected chi connectivity index (χ1v) is 10.4. The van der Waals surface area contributed by atoms with Crippen LogP contribution in [0.15, 0.2) is 63.1 Å². The molecule has 0 bridgehead atoms. The molecule has 3 rings (SSSR count). The lowest BCUT2D eigenvalue weighted by Crippen LogP contribution is -2.14. The molecule has 8 nitrogen and oxygen atoms in total. The second kappa shape index (κ2) is 10.1. The van der Waals surface area contributed by atoms with Crippen LogP contribution in [-0.4, -0.2) is 26.4 Å². The highest BCUT2D eigenvalue weighted by atomic mass is 35.5. The molecule has 1 aromatic heterocycles. The molecule has 0 spiro atoms. The molecule has 10 heteroatoms. The van der Waals surface area contributed by atoms with Gasteiger partial charge in [0.1, 0.15) is 11.4 Å². The van der Waals surface area contributed by atoms with Gasteiger partial charge in [0.2, 0.25) is 0 Å². The maximum Gasteiger partial charge on any atom is 0.267 e. The topological polar surface area (TPSA) is 120 Å². The van der Waals surface area contributed by atoms with E-state index in [0.29, 0.717) is 30.2 Å². The summed E-state index contributed by atoms with van der Waals surface area (Å²) in [5.74, 6) is 5.94. The average Bonchev–Trinajstić information content (AvgIpc) is 3.02. The minimum Gasteiger partial charge on any atom is -0.493 e. The van der Waals surface area contributed by atoms with Gasteiger partial charge < -0.3 is 15.1 Å². The zero-order chi connectivity index (χ0) is 20.9. The number of sulfonamides is 1. The zero-order valence-corrected chi connectivity index (χ0v) is 18.2. The summed E-state index contributed by atoms with van der Waals surface area (Å²) in [7, 11) is -3.80. The average molecular weight is 451 g/mol. The molecule has 0 fully saturated rings. The van der Waals surface area contributed by atoms with E-state index >= 15 is 0 Å². The number of anilines is 1. The summed E-state index contributed by atoms with van der Waals surface area (Å²) in [6.07, 6.45) is 2.28. The van der Waals surface area contributed by atoms with Gasteiger partial charge in [-0.3, -0.25) is 4.72 Å². The van der Waals surface area contributed by atoms with Crippen LogP contribution in [0, 0.1) is 13.8 Å². The number of ether oxygens (including phenoxy) is 1. The lowest BCUT2D eigenvalue weighted by atomic mass is 10.1. The van der Waals surface area contributed by atoms with E-state index in [1.165, 1.54) is 0 Å². The van der Waals surface area contributed by atoms with Crippen LogP contribution in [0.5, 0.6) is 5.75 Å². The molecule has 0 amide bonds. The van der Waals surface area contributed by atoms with Gasteiger partial charge in [-0.2, -0.15) is 5.10 Å². The second-order valence-corrected chi connectivity index (χ2v) is 8.02. The summed E-state index contributed by atoms with van der Waals surface area (Å²) >= 11 is 0. The molecule has 0 saturated heterocycles. The molecule has 3 N–H and O–H groups in total. The zero-order valence-electron chi connectivity index (χ0n) is 16.5. The maximum absolute atomic E-state index is 12.6. The number of hydrazone groups is 1. The van der Waals surface area contributed by atoms with Gasteiger partial charge in [0.05, 0.1) is 18.5 Å². The Morgan fingerprint density at radius 1 is 1.20 bits per heavy atom. The Morgan fingerprint density at radius 2 is 1.93 bits per heavy atom. The van der Waals surface area contributed by atoms with Crippen LogP contribution in [0.2, 0.25) is 0 Å². The Hall–Kier alpha value is -3.04. The number of nitrogens with zero attached hydrogens (tertiary/aromatic N) is 2. The van der Waals surface area contributed by atoms with Crippen molar-refractivity contribution in [2.75, 3.05) is 11.3 Å². The SMILES string of the molecule is Cc1noc(C)c1S(=O)(=O)Nc1cccc(OCCc2ccc(/C=N\N)cc2)c1.Cl. The third-order valence-electron chi connectivity index (χ3n) is 4.19. The van der Waals surface area contributed by atoms with Crippen LogP contribution < -0.4 is 15.3 Å². The van der Waals surface area contributed by atoms with Crippen molar-refractivity contribution in [3.8, 4) is 5.75 Å². The number of rotatable bonds is 8. The number of aryl methyl sites for hydroxylation is 2. The molecule has 30 heavy (non-hydrogen) atoms. The lowest BCUT2D eigenvalue weighted by molar-refractivity contribution is 0.322. The summed E-state index contributed by atoms with van der Waals surface area (Å²) < 4.78 is 38.5. The fourth-order valence-electron chi connectivity index (χ4n) is 2.86. The Bertz CT molecular complexity index is 1090. The van der Waals surface area contributed by atoms with E-state index in [4.69, 9.17) is 15.1 Å². The molecule has 0 aliphatic carbocycles. The number of nitrogens with one attached hydrogen (secondary N) is 1. The first-order valence-electron chi connectivity index (χ1n) is 8.90. The number of aromatic nitrogens is 1. The van der Waals surface area contributed by atoms with Crippen LogP contribution in [0.4, 0.5) is 5.69 Å². The smallest absolute Gasteiger partial charge is 0.267 e. The van der Waals surface area contributed by atoms with Gasteiger partial charge in [-0.05, 0) is 37.1 Å². The Balaban J connectivity index is 0.00000320. The second-order valence-electron chi connectivity index (χ2n) is 6.40. The molecular weight excluding hydrogens is 428 g/mol. The molecule has 0 aliphatic rings. The third-order valence-corrected chi connectivity index (χ3v) is 5.81. The van der Waals surface area contributed by atoms with Crippen molar-refractivity contribution < 1.29 is 17.7 Å². The first kappa shape index (κ1) is 23.2. The Morgan fingerprint density at radius 3 is 2.57 bits per heavy atom. The van der Waals surface area contributed by atoms with Gasteiger partial charge in [0.15, 0.2) is 10.7 Å². The van der Waals surface area contributed by atoms with E-state index in [0.717, 1.165) is 11.1 Å². The van der Waals surface area contributed by atoms with Gasteiger partial charge in [0, 0.05) is 12.5 Å². The molecule has 1 heterocycles. The summed E-state index contributed by atoms with van der Waals surface area (Å²) in [4.78, 5) is 0.0481. The van der Waals surface area contributed by atoms with Crippen molar-refractivity contribution in [3.63, 3.8) is 0 Å². The van der Waals surface area contributed by atoms with E-state index in [2.05, 4.69) is 15.0 Å². The van der Waals surface area contributed by atoms with Crippen LogP contribution in [0.1, 0.15) is 22.6 Å². The van der Waals surface area contributed by atoms with Crippen molar-refractivity contribution in [2.24, 2.45) is 10.9 Å². The van der Waals surface area contributed by atoms with Gasteiger partial charge in [-0.15, -0.1) is 12.4 Å². The van der Waals surface area contributed by atoms with Crippen molar-refractivity contribution in [1.29, 1.82) is 0 Å². The van der Waals surface area contributed by atoms with Gasteiger partial charge in [-0.25, -0.2) is 8.42 Å². The van der Waals surface area contributed by atoms with Crippen LogP contribution in [0.25, 0.3) is 0 Å². The lowest BCUT2D eigenvalue weighted by Gasteiger charge is -2.10. The quantitative estimate of drug-likeness (QED) is 0.308. The molecule has 0 atom stereocenters. The summed E-state index contributed by atoms with van der Waals surface area (Å²) in [5, 5.41) is 7.18. The predicted molar refractivity (Wildman–Crippen MR) is 118 cm³/mol. The van der Waals surface area contributed by atoms with Crippen LogP contribution in [0.3, 0.4) is 0 Å². The highest BCUT2D eigenvalue weighted by Gasteiger charge is 2.24. The van der Waals surface area contributed by atoms with Gasteiger partial charge in [0.25, 0.3) is 10.0 Å². The van der Waals surface area contributed by atoms with E-state index in [-0.39, 0.29) is 23.1 Å². The maximum atomic E-state index is 12.6. The van der Waals surface area contributed by atoms with Crippen molar-refractivity contribution in [2.45, 2.75) is 25.2 Å². The summed E-state index contributed by atoms with van der Waals surface area (Å²) in [5.41, 5.74) is 2.74. The Kier molecular flexibility index (Phi) is 7.85. The molecule has 0 saturated carbocycles. The highest BCUT2D eigenvalue weighted by molar-refractivity contribution is 7.92. The normalized spacial score (nSPS) is 11.3. The first-order chi connectivity index (χ1) is 13.9. The van der Waals surface area contributed by atoms with E-state index < -0.39 is 10.0 Å². The minimum absolute atomic E-state index is 0. The van der Waals surface area contributed by atoms with Crippen LogP contribution in [-0.2, 0) is 16.4 Å². The number of hydrogen-bond acceptors (Lipinski definition) is 7. The van der Waals surface area contributed by atoms with Crippen LogP contribution >= 0.6 is 12.4 Å². The molecule has 160 valence electrons. The molecule has 3 aromatic rings. The molecular formula is C20H23ClN4O4S. The van der Waals surface area contributed by atoms with E-state index in [9.17, 15) is 8.42 Å². The third kappa shape index (κ3) is 5.74. The monoisotopic (exact) mass is 450 g/mol. The van der Waals surface area contributed by atoms with Crippen molar-refractivity contribution >= 4 is 34.3 Å². The highest BCUT2D eigenvalue weighted by Crippen LogP contribution is 2.24. The standard InChI is InChI=1S/C20H22N4O4S.ClH/c1-14-20(15(2)28-23-14)29(25,26)24-18-4-3-5-19(12-18)27-11-10-16-6-8-17(9-7-16)13-22-21;/h3-9,12-13,24H,10-11,21H2,1-2H3;1H/b22-13-;. The Labute approximate surface area is 181 Å². The number of benzene rings is 2.